The predicted molar refractivity (Wildman–Crippen MR) is 84.0 cm³/mol. The van der Waals surface area contributed by atoms with Crippen molar-refractivity contribution in [2.75, 3.05) is 6.54 Å². The van der Waals surface area contributed by atoms with E-state index in [0.717, 1.165) is 5.56 Å². The van der Waals surface area contributed by atoms with E-state index in [4.69, 9.17) is 0 Å². The number of aryl methyl sites for hydroxylation is 2. The third-order valence-corrected chi connectivity index (χ3v) is 5.21. The molecular formula is C15H21N3O3S. The molecule has 0 fully saturated rings. The SMILES string of the molecule is Cc1nn(C)c(C)c1S(=O)(=O)NC[C@H](O)Cc1ccccc1. The van der Waals surface area contributed by atoms with Gasteiger partial charge in [-0.15, -0.1) is 0 Å². The van der Waals surface area contributed by atoms with E-state index in [-0.39, 0.29) is 11.4 Å². The zero-order valence-electron chi connectivity index (χ0n) is 12.9. The van der Waals surface area contributed by atoms with Gasteiger partial charge in [0.15, 0.2) is 0 Å². The molecule has 22 heavy (non-hydrogen) atoms. The van der Waals surface area contributed by atoms with E-state index >= 15 is 0 Å². The number of hydrogen-bond acceptors (Lipinski definition) is 4. The number of sulfonamides is 1. The van der Waals surface area contributed by atoms with E-state index in [1.54, 1.807) is 20.9 Å². The summed E-state index contributed by atoms with van der Waals surface area (Å²) < 4.78 is 28.7. The van der Waals surface area contributed by atoms with E-state index < -0.39 is 16.1 Å². The van der Waals surface area contributed by atoms with Crippen molar-refractivity contribution in [3.63, 3.8) is 0 Å². The summed E-state index contributed by atoms with van der Waals surface area (Å²) in [4.78, 5) is 0.182. The Balaban J connectivity index is 2.04. The maximum Gasteiger partial charge on any atom is 0.244 e. The summed E-state index contributed by atoms with van der Waals surface area (Å²) in [5.74, 6) is 0. The number of aliphatic hydroxyl groups excluding tert-OH is 1. The number of nitrogens with one attached hydrogen (secondary N) is 1. The van der Waals surface area contributed by atoms with Gasteiger partial charge in [0.2, 0.25) is 10.0 Å². The molecule has 7 heteroatoms. The Morgan fingerprint density at radius 1 is 1.27 bits per heavy atom. The van der Waals surface area contributed by atoms with Crippen LogP contribution in [0.3, 0.4) is 0 Å². The Bertz CT molecular complexity index is 739. The van der Waals surface area contributed by atoms with Crippen LogP contribution in [-0.2, 0) is 23.5 Å². The molecule has 1 heterocycles. The molecule has 0 saturated carbocycles. The molecule has 2 N–H and O–H groups in total. The zero-order valence-corrected chi connectivity index (χ0v) is 13.8. The fourth-order valence-corrected chi connectivity index (χ4v) is 3.89. The van der Waals surface area contributed by atoms with E-state index in [9.17, 15) is 13.5 Å². The third-order valence-electron chi connectivity index (χ3n) is 3.53. The fraction of sp³-hybridized carbons (Fsp3) is 0.400. The van der Waals surface area contributed by atoms with Crippen LogP contribution in [0.25, 0.3) is 0 Å². The summed E-state index contributed by atoms with van der Waals surface area (Å²) in [5, 5.41) is 14.1. The molecule has 1 aromatic carbocycles. The number of hydrogen-bond donors (Lipinski definition) is 2. The fourth-order valence-electron chi connectivity index (χ4n) is 2.38. The molecule has 0 amide bonds. The van der Waals surface area contributed by atoms with Crippen LogP contribution in [0.4, 0.5) is 0 Å². The first-order valence-corrected chi connectivity index (χ1v) is 8.51. The van der Waals surface area contributed by atoms with Gasteiger partial charge in [-0.1, -0.05) is 30.3 Å². The summed E-state index contributed by atoms with van der Waals surface area (Å²) in [6.07, 6.45) is -0.386. The van der Waals surface area contributed by atoms with Gasteiger partial charge in [-0.25, -0.2) is 13.1 Å². The van der Waals surface area contributed by atoms with Crippen molar-refractivity contribution in [2.24, 2.45) is 7.05 Å². The Morgan fingerprint density at radius 3 is 2.45 bits per heavy atom. The predicted octanol–water partition coefficient (Wildman–Crippen LogP) is 0.919. The second-order valence-electron chi connectivity index (χ2n) is 5.32. The molecule has 0 aliphatic carbocycles. The van der Waals surface area contributed by atoms with Crippen molar-refractivity contribution in [1.29, 1.82) is 0 Å². The molecule has 1 aromatic heterocycles. The minimum atomic E-state index is -3.68. The second-order valence-corrected chi connectivity index (χ2v) is 7.02. The lowest BCUT2D eigenvalue weighted by Gasteiger charge is -2.12. The first-order chi connectivity index (χ1) is 10.3. The Hall–Kier alpha value is -1.70. The second kappa shape index (κ2) is 6.60. The highest BCUT2D eigenvalue weighted by atomic mass is 32.2. The van der Waals surface area contributed by atoms with Crippen LogP contribution >= 0.6 is 0 Å². The number of rotatable bonds is 6. The van der Waals surface area contributed by atoms with E-state index in [1.807, 2.05) is 30.3 Å². The molecular weight excluding hydrogens is 302 g/mol. The molecule has 0 bridgehead atoms. The van der Waals surface area contributed by atoms with Gasteiger partial charge in [-0.3, -0.25) is 4.68 Å². The smallest absolute Gasteiger partial charge is 0.244 e. The first kappa shape index (κ1) is 16.7. The number of benzene rings is 1. The lowest BCUT2D eigenvalue weighted by molar-refractivity contribution is 0.179. The molecule has 0 aliphatic rings. The average Bonchev–Trinajstić information content (AvgIpc) is 2.72. The van der Waals surface area contributed by atoms with E-state index in [1.165, 1.54) is 4.68 Å². The maximum atomic E-state index is 12.4. The average molecular weight is 323 g/mol. The highest BCUT2D eigenvalue weighted by Crippen LogP contribution is 2.18. The molecule has 0 unspecified atom stereocenters. The molecule has 0 aliphatic heterocycles. The van der Waals surface area contributed by atoms with Crippen LogP contribution in [-0.4, -0.2) is 36.0 Å². The van der Waals surface area contributed by atoms with Gasteiger partial charge in [0.25, 0.3) is 0 Å². The molecule has 2 rings (SSSR count). The number of nitrogens with zero attached hydrogens (tertiary/aromatic N) is 2. The minimum absolute atomic E-state index is 0.0367. The van der Waals surface area contributed by atoms with E-state index in [0.29, 0.717) is 17.8 Å². The van der Waals surface area contributed by atoms with Crippen LogP contribution in [0.2, 0.25) is 0 Å². The van der Waals surface area contributed by atoms with Gasteiger partial charge in [0.05, 0.1) is 17.5 Å². The largest absolute Gasteiger partial charge is 0.391 e. The van der Waals surface area contributed by atoms with Crippen LogP contribution in [0.1, 0.15) is 17.0 Å². The van der Waals surface area contributed by atoms with Gasteiger partial charge < -0.3 is 5.11 Å². The maximum absolute atomic E-state index is 12.4. The lowest BCUT2D eigenvalue weighted by Crippen LogP contribution is -2.33. The summed E-state index contributed by atoms with van der Waals surface area (Å²) in [7, 11) is -1.98. The molecule has 1 atom stereocenters. The normalized spacial score (nSPS) is 13.3. The summed E-state index contributed by atoms with van der Waals surface area (Å²) >= 11 is 0. The van der Waals surface area contributed by atoms with Crippen molar-refractivity contribution in [3.05, 3.63) is 47.3 Å². The van der Waals surface area contributed by atoms with Gasteiger partial charge in [0, 0.05) is 13.6 Å². The Kier molecular flexibility index (Phi) is 5.00. The molecule has 120 valence electrons. The summed E-state index contributed by atoms with van der Waals surface area (Å²) in [6, 6.07) is 9.45. The van der Waals surface area contributed by atoms with Crippen LogP contribution in [0.5, 0.6) is 0 Å². The first-order valence-electron chi connectivity index (χ1n) is 7.03. The van der Waals surface area contributed by atoms with Crippen molar-refractivity contribution >= 4 is 10.0 Å². The number of aromatic nitrogens is 2. The standard InChI is InChI=1S/C15H21N3O3S/c1-11-15(12(2)18(3)17-11)22(20,21)16-10-14(19)9-13-7-5-4-6-8-13/h4-8,14,16,19H,9-10H2,1-3H3/t14-/m1/s1. The summed E-state index contributed by atoms with van der Waals surface area (Å²) in [5.41, 5.74) is 1.98. The van der Waals surface area contributed by atoms with Gasteiger partial charge in [-0.05, 0) is 25.8 Å². The van der Waals surface area contributed by atoms with Gasteiger partial charge in [0.1, 0.15) is 4.90 Å². The Morgan fingerprint density at radius 2 is 1.91 bits per heavy atom. The Labute approximate surface area is 130 Å². The zero-order chi connectivity index (χ0) is 16.3. The van der Waals surface area contributed by atoms with Crippen molar-refractivity contribution in [2.45, 2.75) is 31.3 Å². The third kappa shape index (κ3) is 3.73. The van der Waals surface area contributed by atoms with Crippen LogP contribution in [0.15, 0.2) is 35.2 Å². The van der Waals surface area contributed by atoms with Gasteiger partial charge in [-0.2, -0.15) is 5.10 Å². The summed E-state index contributed by atoms with van der Waals surface area (Å²) in [6.45, 7) is 3.32. The lowest BCUT2D eigenvalue weighted by atomic mass is 10.1. The molecule has 0 radical (unpaired) electrons. The van der Waals surface area contributed by atoms with Crippen molar-refractivity contribution < 1.29 is 13.5 Å². The van der Waals surface area contributed by atoms with Gasteiger partial charge >= 0.3 is 0 Å². The quantitative estimate of drug-likeness (QED) is 0.828. The highest BCUT2D eigenvalue weighted by Gasteiger charge is 2.24. The van der Waals surface area contributed by atoms with E-state index in [2.05, 4.69) is 9.82 Å². The van der Waals surface area contributed by atoms with Crippen molar-refractivity contribution in [3.8, 4) is 0 Å². The minimum Gasteiger partial charge on any atom is -0.391 e. The molecule has 0 saturated heterocycles. The van der Waals surface area contributed by atoms with Crippen molar-refractivity contribution in [1.82, 2.24) is 14.5 Å². The number of aliphatic hydroxyl groups is 1. The molecule has 2 aromatic rings. The highest BCUT2D eigenvalue weighted by molar-refractivity contribution is 7.89. The molecule has 0 spiro atoms. The van der Waals surface area contributed by atoms with Crippen LogP contribution in [0, 0.1) is 13.8 Å². The van der Waals surface area contributed by atoms with Crippen LogP contribution < -0.4 is 4.72 Å². The molecule has 6 nitrogen and oxygen atoms in total. The monoisotopic (exact) mass is 323 g/mol. The topological polar surface area (TPSA) is 84.2 Å².